The molecule has 0 unspecified atom stereocenters. The van der Waals surface area contributed by atoms with Gasteiger partial charge in [0.25, 0.3) is 5.91 Å². The minimum atomic E-state index is -0.0672. The minimum Gasteiger partial charge on any atom is -0.454 e. The Labute approximate surface area is 161 Å². The van der Waals surface area contributed by atoms with Gasteiger partial charge in [0.2, 0.25) is 6.79 Å². The highest BCUT2D eigenvalue weighted by atomic mass is 79.9. The summed E-state index contributed by atoms with van der Waals surface area (Å²) in [7, 11) is 0. The molecule has 5 nitrogen and oxygen atoms in total. The van der Waals surface area contributed by atoms with E-state index in [0.29, 0.717) is 12.1 Å². The number of ether oxygens (including phenoxy) is 2. The lowest BCUT2D eigenvalue weighted by Crippen LogP contribution is -2.36. The first kappa shape index (κ1) is 17.4. The summed E-state index contributed by atoms with van der Waals surface area (Å²) in [5.74, 6) is 1.50. The third-order valence-corrected chi connectivity index (χ3v) is 5.63. The predicted molar refractivity (Wildman–Crippen MR) is 103 cm³/mol. The summed E-state index contributed by atoms with van der Waals surface area (Å²) >= 11 is 3.45. The second-order valence-electron chi connectivity index (χ2n) is 6.56. The van der Waals surface area contributed by atoms with Gasteiger partial charge in [0, 0.05) is 11.0 Å². The van der Waals surface area contributed by atoms with Gasteiger partial charge >= 0.3 is 0 Å². The molecule has 0 bridgehead atoms. The van der Waals surface area contributed by atoms with Crippen molar-refractivity contribution in [2.75, 3.05) is 26.4 Å². The Balaban J connectivity index is 1.52. The number of fused-ring (bicyclic) bond motifs is 1. The van der Waals surface area contributed by atoms with Gasteiger partial charge < -0.3 is 14.8 Å². The highest BCUT2D eigenvalue weighted by Gasteiger charge is 2.26. The van der Waals surface area contributed by atoms with Crippen LogP contribution in [0.1, 0.15) is 34.8 Å². The Morgan fingerprint density at radius 3 is 2.69 bits per heavy atom. The van der Waals surface area contributed by atoms with E-state index in [9.17, 15) is 4.79 Å². The van der Waals surface area contributed by atoms with Crippen LogP contribution in [0.25, 0.3) is 0 Å². The van der Waals surface area contributed by atoms with E-state index in [0.717, 1.165) is 34.6 Å². The molecule has 0 spiro atoms. The third kappa shape index (κ3) is 3.57. The van der Waals surface area contributed by atoms with Crippen LogP contribution in [0.15, 0.2) is 46.9 Å². The van der Waals surface area contributed by atoms with E-state index in [-0.39, 0.29) is 18.7 Å². The Morgan fingerprint density at radius 1 is 1.12 bits per heavy atom. The first-order valence-electron chi connectivity index (χ1n) is 8.89. The summed E-state index contributed by atoms with van der Waals surface area (Å²) in [5.41, 5.74) is 1.79. The van der Waals surface area contributed by atoms with E-state index in [4.69, 9.17) is 9.47 Å². The van der Waals surface area contributed by atoms with Crippen molar-refractivity contribution in [1.82, 2.24) is 10.2 Å². The van der Waals surface area contributed by atoms with Crippen molar-refractivity contribution in [1.29, 1.82) is 0 Å². The fourth-order valence-corrected chi connectivity index (χ4v) is 4.03. The number of nitrogens with one attached hydrogen (secondary N) is 1. The van der Waals surface area contributed by atoms with Crippen molar-refractivity contribution in [3.05, 3.63) is 58.1 Å². The lowest BCUT2D eigenvalue weighted by atomic mass is 10.0. The van der Waals surface area contributed by atoms with E-state index in [1.54, 1.807) is 0 Å². The average Bonchev–Trinajstić information content (AvgIpc) is 3.33. The molecular weight excluding hydrogens is 396 g/mol. The number of nitrogens with zero attached hydrogens (tertiary/aromatic N) is 1. The van der Waals surface area contributed by atoms with Crippen LogP contribution in [0.3, 0.4) is 0 Å². The van der Waals surface area contributed by atoms with Gasteiger partial charge in [0.05, 0.1) is 11.6 Å². The number of rotatable bonds is 5. The molecule has 0 radical (unpaired) electrons. The highest BCUT2D eigenvalue weighted by Crippen LogP contribution is 2.36. The van der Waals surface area contributed by atoms with Crippen LogP contribution in [0.2, 0.25) is 0 Å². The molecule has 0 saturated carbocycles. The molecule has 2 aromatic carbocycles. The fraction of sp³-hybridized carbons (Fsp3) is 0.350. The number of halogens is 1. The number of benzene rings is 2. The van der Waals surface area contributed by atoms with Crippen LogP contribution in [0, 0.1) is 0 Å². The molecule has 2 aromatic rings. The van der Waals surface area contributed by atoms with Gasteiger partial charge in [-0.05, 0) is 71.7 Å². The smallest absolute Gasteiger partial charge is 0.252 e. The van der Waals surface area contributed by atoms with E-state index < -0.39 is 0 Å². The number of hydrogen-bond donors (Lipinski definition) is 1. The van der Waals surface area contributed by atoms with Gasteiger partial charge in [-0.1, -0.05) is 18.2 Å². The second-order valence-corrected chi connectivity index (χ2v) is 7.42. The molecule has 1 atom stereocenters. The summed E-state index contributed by atoms with van der Waals surface area (Å²) in [5, 5.41) is 3.10. The van der Waals surface area contributed by atoms with E-state index in [1.807, 2.05) is 36.4 Å². The Bertz CT molecular complexity index is 805. The van der Waals surface area contributed by atoms with Crippen LogP contribution in [-0.4, -0.2) is 37.2 Å². The van der Waals surface area contributed by atoms with Crippen molar-refractivity contribution < 1.29 is 14.3 Å². The second kappa shape index (κ2) is 7.68. The molecule has 4 rings (SSSR count). The lowest BCUT2D eigenvalue weighted by molar-refractivity contribution is 0.0937. The van der Waals surface area contributed by atoms with Gasteiger partial charge in [0.1, 0.15) is 0 Å². The Kier molecular flexibility index (Phi) is 5.13. The quantitative estimate of drug-likeness (QED) is 0.806. The van der Waals surface area contributed by atoms with Crippen LogP contribution in [-0.2, 0) is 0 Å². The van der Waals surface area contributed by atoms with Crippen LogP contribution >= 0.6 is 15.9 Å². The largest absolute Gasteiger partial charge is 0.454 e. The molecule has 0 aliphatic carbocycles. The molecule has 1 fully saturated rings. The van der Waals surface area contributed by atoms with Crippen molar-refractivity contribution >= 4 is 21.8 Å². The molecule has 2 heterocycles. The molecule has 0 aromatic heterocycles. The zero-order valence-electron chi connectivity index (χ0n) is 14.4. The van der Waals surface area contributed by atoms with Gasteiger partial charge in [0.15, 0.2) is 11.5 Å². The third-order valence-electron chi connectivity index (χ3n) is 4.94. The SMILES string of the molecule is O=C(NC[C@@H](c1ccc2c(c1)OCO2)N1CCCC1)c1ccccc1Br. The first-order valence-corrected chi connectivity index (χ1v) is 9.68. The molecule has 6 heteroatoms. The lowest BCUT2D eigenvalue weighted by Gasteiger charge is -2.28. The number of amides is 1. The maximum atomic E-state index is 12.6. The van der Waals surface area contributed by atoms with Crippen molar-refractivity contribution in [3.63, 3.8) is 0 Å². The Morgan fingerprint density at radius 2 is 1.88 bits per heavy atom. The molecule has 1 amide bonds. The predicted octanol–water partition coefficient (Wildman–Crippen LogP) is 3.74. The molecule has 1 N–H and O–H groups in total. The molecule has 2 aliphatic heterocycles. The van der Waals surface area contributed by atoms with Gasteiger partial charge in [-0.25, -0.2) is 0 Å². The molecule has 136 valence electrons. The molecule has 2 aliphatic rings. The zero-order chi connectivity index (χ0) is 17.9. The van der Waals surface area contributed by atoms with Crippen LogP contribution in [0.5, 0.6) is 11.5 Å². The van der Waals surface area contributed by atoms with Crippen molar-refractivity contribution in [3.8, 4) is 11.5 Å². The average molecular weight is 417 g/mol. The van der Waals surface area contributed by atoms with E-state index >= 15 is 0 Å². The molecule has 1 saturated heterocycles. The summed E-state index contributed by atoms with van der Waals surface area (Å²) in [6.45, 7) is 2.92. The first-order chi connectivity index (χ1) is 12.7. The molecular formula is C20H21BrN2O3. The summed E-state index contributed by atoms with van der Waals surface area (Å²) in [6, 6.07) is 13.7. The number of likely N-dealkylation sites (tertiary alicyclic amines) is 1. The van der Waals surface area contributed by atoms with Gasteiger partial charge in [-0.3, -0.25) is 9.69 Å². The fourth-order valence-electron chi connectivity index (χ4n) is 3.56. The van der Waals surface area contributed by atoms with Crippen LogP contribution < -0.4 is 14.8 Å². The Hall–Kier alpha value is -2.05. The number of carbonyl (C=O) groups is 1. The van der Waals surface area contributed by atoms with Gasteiger partial charge in [-0.15, -0.1) is 0 Å². The van der Waals surface area contributed by atoms with Crippen LogP contribution in [0.4, 0.5) is 0 Å². The normalized spacial score (nSPS) is 17.3. The summed E-state index contributed by atoms with van der Waals surface area (Å²) in [4.78, 5) is 15.0. The standard InChI is InChI=1S/C20H21BrN2O3/c21-16-6-2-1-5-15(16)20(24)22-12-17(23-9-3-4-10-23)14-7-8-18-19(11-14)26-13-25-18/h1-2,5-8,11,17H,3-4,9-10,12-13H2,(H,22,24)/t17-/m0/s1. The highest BCUT2D eigenvalue weighted by molar-refractivity contribution is 9.10. The van der Waals surface area contributed by atoms with Crippen molar-refractivity contribution in [2.45, 2.75) is 18.9 Å². The summed E-state index contributed by atoms with van der Waals surface area (Å²) < 4.78 is 11.7. The van der Waals surface area contributed by atoms with Crippen molar-refractivity contribution in [2.24, 2.45) is 0 Å². The number of hydrogen-bond acceptors (Lipinski definition) is 4. The molecule has 26 heavy (non-hydrogen) atoms. The maximum Gasteiger partial charge on any atom is 0.252 e. The summed E-state index contributed by atoms with van der Waals surface area (Å²) in [6.07, 6.45) is 2.39. The number of carbonyl (C=O) groups excluding carboxylic acids is 1. The van der Waals surface area contributed by atoms with E-state index in [2.05, 4.69) is 32.2 Å². The maximum absolute atomic E-state index is 12.6. The van der Waals surface area contributed by atoms with E-state index in [1.165, 1.54) is 12.8 Å². The minimum absolute atomic E-state index is 0.0672. The van der Waals surface area contributed by atoms with Gasteiger partial charge in [-0.2, -0.15) is 0 Å². The monoisotopic (exact) mass is 416 g/mol. The topological polar surface area (TPSA) is 50.8 Å². The zero-order valence-corrected chi connectivity index (χ0v) is 16.0.